The summed E-state index contributed by atoms with van der Waals surface area (Å²) in [5, 5.41) is 0. The van der Waals surface area contributed by atoms with Crippen LogP contribution in [-0.2, 0) is 0 Å². The average Bonchev–Trinajstić information content (AvgIpc) is 2.53. The molecule has 0 spiro atoms. The first-order valence-electron chi connectivity index (χ1n) is 8.24. The van der Waals surface area contributed by atoms with Crippen molar-refractivity contribution in [3.05, 3.63) is 36.4 Å². The number of rotatable bonds is 10. The maximum atomic E-state index is 5.91. The number of ether oxygens (including phenoxy) is 1. The minimum Gasteiger partial charge on any atom is -0.493 e. The minimum absolute atomic E-state index is 0.639. The van der Waals surface area contributed by atoms with E-state index in [1.54, 1.807) is 0 Å². The molecule has 0 aromatic heterocycles. The SMILES string of the molecule is C=Cc1ccccc1OCCCN(C(C)CC)C(C)CC. The van der Waals surface area contributed by atoms with Crippen molar-refractivity contribution < 1.29 is 4.74 Å². The van der Waals surface area contributed by atoms with Gasteiger partial charge in [0.2, 0.25) is 0 Å². The molecule has 1 rings (SSSR count). The van der Waals surface area contributed by atoms with E-state index in [2.05, 4.69) is 39.2 Å². The highest BCUT2D eigenvalue weighted by atomic mass is 16.5. The van der Waals surface area contributed by atoms with Gasteiger partial charge in [0, 0.05) is 24.2 Å². The molecule has 0 aliphatic rings. The molecular weight excluding hydrogens is 258 g/mol. The summed E-state index contributed by atoms with van der Waals surface area (Å²) in [5.41, 5.74) is 1.07. The summed E-state index contributed by atoms with van der Waals surface area (Å²) in [5.74, 6) is 0.936. The first-order valence-corrected chi connectivity index (χ1v) is 8.24. The van der Waals surface area contributed by atoms with Crippen LogP contribution >= 0.6 is 0 Å². The Morgan fingerprint density at radius 3 is 2.33 bits per heavy atom. The zero-order valence-corrected chi connectivity index (χ0v) is 14.1. The van der Waals surface area contributed by atoms with Crippen molar-refractivity contribution in [1.29, 1.82) is 0 Å². The van der Waals surface area contributed by atoms with Crippen LogP contribution in [0.25, 0.3) is 6.08 Å². The molecule has 2 heteroatoms. The van der Waals surface area contributed by atoms with Gasteiger partial charge in [0.05, 0.1) is 6.61 Å². The molecule has 0 aliphatic heterocycles. The second-order valence-corrected chi connectivity index (χ2v) is 5.70. The van der Waals surface area contributed by atoms with Gasteiger partial charge in [-0.2, -0.15) is 0 Å². The molecule has 0 heterocycles. The predicted molar refractivity (Wildman–Crippen MR) is 92.9 cm³/mol. The molecule has 0 amide bonds. The van der Waals surface area contributed by atoms with Crippen molar-refractivity contribution in [3.63, 3.8) is 0 Å². The smallest absolute Gasteiger partial charge is 0.126 e. The van der Waals surface area contributed by atoms with E-state index in [0.717, 1.165) is 30.9 Å². The third-order valence-corrected chi connectivity index (χ3v) is 4.27. The summed E-state index contributed by atoms with van der Waals surface area (Å²) < 4.78 is 5.91. The maximum absolute atomic E-state index is 5.91. The molecule has 0 N–H and O–H groups in total. The topological polar surface area (TPSA) is 12.5 Å². The number of hydrogen-bond donors (Lipinski definition) is 0. The van der Waals surface area contributed by atoms with Gasteiger partial charge in [0.15, 0.2) is 0 Å². The van der Waals surface area contributed by atoms with Crippen LogP contribution in [0.1, 0.15) is 52.5 Å². The van der Waals surface area contributed by atoms with Gasteiger partial charge in [-0.3, -0.25) is 4.90 Å². The summed E-state index contributed by atoms with van der Waals surface area (Å²) in [6.45, 7) is 14.8. The van der Waals surface area contributed by atoms with E-state index >= 15 is 0 Å². The molecule has 0 saturated carbocycles. The van der Waals surface area contributed by atoms with E-state index in [1.165, 1.54) is 12.8 Å². The van der Waals surface area contributed by atoms with Crippen LogP contribution in [0.2, 0.25) is 0 Å². The van der Waals surface area contributed by atoms with Crippen molar-refractivity contribution in [2.24, 2.45) is 0 Å². The Kier molecular flexibility index (Phi) is 8.14. The molecule has 1 aromatic rings. The van der Waals surface area contributed by atoms with Gasteiger partial charge in [0.25, 0.3) is 0 Å². The molecule has 2 unspecified atom stereocenters. The molecule has 0 fully saturated rings. The van der Waals surface area contributed by atoms with Gasteiger partial charge < -0.3 is 4.74 Å². The van der Waals surface area contributed by atoms with Crippen LogP contribution < -0.4 is 4.74 Å². The van der Waals surface area contributed by atoms with Gasteiger partial charge in [0.1, 0.15) is 5.75 Å². The monoisotopic (exact) mass is 289 g/mol. The largest absolute Gasteiger partial charge is 0.493 e. The zero-order chi connectivity index (χ0) is 15.7. The lowest BCUT2D eigenvalue weighted by atomic mass is 10.1. The Balaban J connectivity index is 2.45. The molecule has 2 atom stereocenters. The summed E-state index contributed by atoms with van der Waals surface area (Å²) in [7, 11) is 0. The molecule has 0 saturated heterocycles. The van der Waals surface area contributed by atoms with Crippen molar-refractivity contribution in [3.8, 4) is 5.75 Å². The fraction of sp³-hybridized carbons (Fsp3) is 0.579. The highest BCUT2D eigenvalue weighted by Gasteiger charge is 2.17. The third kappa shape index (κ3) is 5.55. The molecule has 21 heavy (non-hydrogen) atoms. The fourth-order valence-corrected chi connectivity index (χ4v) is 2.55. The average molecular weight is 289 g/mol. The van der Waals surface area contributed by atoms with Crippen LogP contribution in [0.3, 0.4) is 0 Å². The van der Waals surface area contributed by atoms with Gasteiger partial charge >= 0.3 is 0 Å². The van der Waals surface area contributed by atoms with E-state index < -0.39 is 0 Å². The molecule has 1 aromatic carbocycles. The van der Waals surface area contributed by atoms with E-state index in [1.807, 2.05) is 30.3 Å². The van der Waals surface area contributed by atoms with Crippen LogP contribution in [0.4, 0.5) is 0 Å². The Hall–Kier alpha value is -1.28. The van der Waals surface area contributed by atoms with E-state index in [-0.39, 0.29) is 0 Å². The Morgan fingerprint density at radius 1 is 1.14 bits per heavy atom. The molecular formula is C19H31NO. The predicted octanol–water partition coefficient (Wildman–Crippen LogP) is 5.00. The van der Waals surface area contributed by atoms with Gasteiger partial charge in [-0.05, 0) is 39.2 Å². The Labute approximate surface area is 130 Å². The highest BCUT2D eigenvalue weighted by molar-refractivity contribution is 5.55. The number of hydrogen-bond acceptors (Lipinski definition) is 2. The summed E-state index contributed by atoms with van der Waals surface area (Å²) in [6.07, 6.45) is 5.30. The molecule has 2 nitrogen and oxygen atoms in total. The van der Waals surface area contributed by atoms with Gasteiger partial charge in [-0.15, -0.1) is 0 Å². The van der Waals surface area contributed by atoms with Crippen molar-refractivity contribution >= 4 is 6.08 Å². The molecule has 0 aliphatic carbocycles. The molecule has 0 radical (unpaired) electrons. The first kappa shape index (κ1) is 17.8. The lowest BCUT2D eigenvalue weighted by Gasteiger charge is -2.33. The summed E-state index contributed by atoms with van der Waals surface area (Å²) in [6, 6.07) is 9.34. The van der Waals surface area contributed by atoms with E-state index in [9.17, 15) is 0 Å². The number of para-hydroxylation sites is 1. The summed E-state index contributed by atoms with van der Waals surface area (Å²) >= 11 is 0. The van der Waals surface area contributed by atoms with Crippen molar-refractivity contribution in [2.75, 3.05) is 13.2 Å². The third-order valence-electron chi connectivity index (χ3n) is 4.27. The van der Waals surface area contributed by atoms with Crippen LogP contribution in [0.15, 0.2) is 30.8 Å². The highest BCUT2D eigenvalue weighted by Crippen LogP contribution is 2.19. The molecule has 0 bridgehead atoms. The van der Waals surface area contributed by atoms with Gasteiger partial charge in [-0.1, -0.05) is 44.7 Å². The molecule has 118 valence electrons. The first-order chi connectivity index (χ1) is 10.1. The number of nitrogens with zero attached hydrogens (tertiary/aromatic N) is 1. The normalized spacial score (nSPS) is 14.0. The zero-order valence-electron chi connectivity index (χ0n) is 14.1. The number of benzene rings is 1. The van der Waals surface area contributed by atoms with E-state index in [0.29, 0.717) is 12.1 Å². The Bertz CT molecular complexity index is 406. The standard InChI is InChI=1S/C19H31NO/c1-6-16(4)20(17(5)7-2)14-11-15-21-19-13-10-9-12-18(19)8-3/h8-10,12-13,16-17H,3,6-7,11,14-15H2,1-2,4-5H3. The quantitative estimate of drug-likeness (QED) is 0.562. The lowest BCUT2D eigenvalue weighted by Crippen LogP contribution is -2.40. The van der Waals surface area contributed by atoms with Gasteiger partial charge in [-0.25, -0.2) is 0 Å². The minimum atomic E-state index is 0.639. The van der Waals surface area contributed by atoms with Crippen LogP contribution in [0, 0.1) is 0 Å². The lowest BCUT2D eigenvalue weighted by molar-refractivity contribution is 0.134. The van der Waals surface area contributed by atoms with Crippen LogP contribution in [-0.4, -0.2) is 30.1 Å². The van der Waals surface area contributed by atoms with Crippen molar-refractivity contribution in [2.45, 2.75) is 59.0 Å². The van der Waals surface area contributed by atoms with Crippen LogP contribution in [0.5, 0.6) is 5.75 Å². The Morgan fingerprint density at radius 2 is 1.76 bits per heavy atom. The van der Waals surface area contributed by atoms with E-state index in [4.69, 9.17) is 4.74 Å². The second-order valence-electron chi connectivity index (χ2n) is 5.70. The summed E-state index contributed by atoms with van der Waals surface area (Å²) in [4.78, 5) is 2.60. The fourth-order valence-electron chi connectivity index (χ4n) is 2.55. The maximum Gasteiger partial charge on any atom is 0.126 e. The second kappa shape index (κ2) is 9.62. The van der Waals surface area contributed by atoms with Crippen molar-refractivity contribution in [1.82, 2.24) is 4.90 Å².